The highest BCUT2D eigenvalue weighted by Crippen LogP contribution is 2.30. The third-order valence-electron chi connectivity index (χ3n) is 5.78. The molecule has 1 saturated carbocycles. The maximum atomic E-state index is 3.75. The number of nitrogens with one attached hydrogen (secondary N) is 1. The first kappa shape index (κ1) is 17.2. The van der Waals surface area contributed by atoms with Gasteiger partial charge in [-0.15, -0.1) is 0 Å². The van der Waals surface area contributed by atoms with E-state index in [9.17, 15) is 0 Å². The molecule has 1 saturated heterocycles. The van der Waals surface area contributed by atoms with Crippen LogP contribution in [0, 0.1) is 11.8 Å². The predicted molar refractivity (Wildman–Crippen MR) is 91.7 cm³/mol. The van der Waals surface area contributed by atoms with Gasteiger partial charge >= 0.3 is 0 Å². The smallest absolute Gasteiger partial charge is 0.0235 e. The van der Waals surface area contributed by atoms with Crippen LogP contribution in [-0.4, -0.2) is 61.2 Å². The molecule has 1 aliphatic heterocycles. The molecule has 0 aromatic heterocycles. The molecule has 4 unspecified atom stereocenters. The molecule has 3 heteroatoms. The molecule has 1 N–H and O–H groups in total. The van der Waals surface area contributed by atoms with E-state index in [0.29, 0.717) is 0 Å². The van der Waals surface area contributed by atoms with Gasteiger partial charge in [0.25, 0.3) is 0 Å². The van der Waals surface area contributed by atoms with Crippen molar-refractivity contribution >= 4 is 0 Å². The molecule has 1 heterocycles. The van der Waals surface area contributed by atoms with Crippen molar-refractivity contribution in [2.75, 3.05) is 39.3 Å². The van der Waals surface area contributed by atoms with Crippen molar-refractivity contribution in [2.24, 2.45) is 11.8 Å². The summed E-state index contributed by atoms with van der Waals surface area (Å²) in [6.45, 7) is 16.8. The van der Waals surface area contributed by atoms with Crippen molar-refractivity contribution in [1.82, 2.24) is 15.1 Å². The maximum absolute atomic E-state index is 3.75. The Balaban J connectivity index is 1.85. The molecule has 3 nitrogen and oxygen atoms in total. The molecule has 21 heavy (non-hydrogen) atoms. The molecule has 124 valence electrons. The third kappa shape index (κ3) is 4.67. The summed E-state index contributed by atoms with van der Waals surface area (Å²) in [7, 11) is 0. The number of likely N-dealkylation sites (N-methyl/N-ethyl adjacent to an activating group) is 1. The normalized spacial score (nSPS) is 34.7. The van der Waals surface area contributed by atoms with Crippen LogP contribution in [0.5, 0.6) is 0 Å². The first-order chi connectivity index (χ1) is 10.2. The van der Waals surface area contributed by atoms with Crippen molar-refractivity contribution in [2.45, 2.75) is 65.5 Å². The van der Waals surface area contributed by atoms with Crippen LogP contribution < -0.4 is 5.32 Å². The summed E-state index contributed by atoms with van der Waals surface area (Å²) in [4.78, 5) is 5.39. The second-order valence-corrected chi connectivity index (χ2v) is 7.27. The van der Waals surface area contributed by atoms with Crippen molar-refractivity contribution in [3.63, 3.8) is 0 Å². The van der Waals surface area contributed by atoms with E-state index in [1.165, 1.54) is 58.4 Å². The standard InChI is InChI=1S/C18H37N3/c1-5-19-18-9-8-15(4)12-16(18)13-20-11-10-17(14-20)21(6-2)7-3/h15-19H,5-14H2,1-4H3. The third-order valence-corrected chi connectivity index (χ3v) is 5.78. The van der Waals surface area contributed by atoms with Gasteiger partial charge in [-0.3, -0.25) is 4.90 Å². The molecule has 0 radical (unpaired) electrons. The Morgan fingerprint density at radius 1 is 1.10 bits per heavy atom. The van der Waals surface area contributed by atoms with E-state index in [-0.39, 0.29) is 0 Å². The van der Waals surface area contributed by atoms with Crippen molar-refractivity contribution < 1.29 is 0 Å². The van der Waals surface area contributed by atoms with Gasteiger partial charge < -0.3 is 10.2 Å². The van der Waals surface area contributed by atoms with Gasteiger partial charge in [0.1, 0.15) is 0 Å². The first-order valence-electron chi connectivity index (χ1n) is 9.37. The largest absolute Gasteiger partial charge is 0.314 e. The SMILES string of the molecule is CCNC1CCC(C)CC1CN1CCC(N(CC)CC)C1. The Bertz CT molecular complexity index is 290. The fourth-order valence-corrected chi connectivity index (χ4v) is 4.58. The monoisotopic (exact) mass is 295 g/mol. The molecule has 0 amide bonds. The van der Waals surface area contributed by atoms with Crippen LogP contribution >= 0.6 is 0 Å². The molecular formula is C18H37N3. The van der Waals surface area contributed by atoms with Crippen molar-refractivity contribution in [3.8, 4) is 0 Å². The molecule has 2 fully saturated rings. The van der Waals surface area contributed by atoms with Gasteiger partial charge in [0.05, 0.1) is 0 Å². The lowest BCUT2D eigenvalue weighted by atomic mass is 9.78. The summed E-state index contributed by atoms with van der Waals surface area (Å²) < 4.78 is 0. The highest BCUT2D eigenvalue weighted by molar-refractivity contribution is 4.89. The van der Waals surface area contributed by atoms with E-state index in [2.05, 4.69) is 42.8 Å². The number of hydrogen-bond donors (Lipinski definition) is 1. The van der Waals surface area contributed by atoms with Gasteiger partial charge in [0.2, 0.25) is 0 Å². The number of nitrogens with zero attached hydrogens (tertiary/aromatic N) is 2. The van der Waals surface area contributed by atoms with Crippen LogP contribution in [0.2, 0.25) is 0 Å². The van der Waals surface area contributed by atoms with Crippen LogP contribution in [0.15, 0.2) is 0 Å². The zero-order chi connectivity index (χ0) is 15.2. The second kappa shape index (κ2) is 8.50. The summed E-state index contributed by atoms with van der Waals surface area (Å²) in [5, 5.41) is 3.75. The van der Waals surface area contributed by atoms with E-state index in [1.807, 2.05) is 0 Å². The molecule has 0 spiro atoms. The van der Waals surface area contributed by atoms with Crippen LogP contribution in [0.3, 0.4) is 0 Å². The van der Waals surface area contributed by atoms with Crippen LogP contribution in [0.4, 0.5) is 0 Å². The van der Waals surface area contributed by atoms with Gasteiger partial charge in [-0.1, -0.05) is 27.7 Å². The molecule has 4 atom stereocenters. The Morgan fingerprint density at radius 2 is 1.86 bits per heavy atom. The summed E-state index contributed by atoms with van der Waals surface area (Å²) in [5.74, 6) is 1.79. The Labute approximate surface area is 132 Å². The van der Waals surface area contributed by atoms with E-state index >= 15 is 0 Å². The minimum absolute atomic E-state index is 0.763. The highest BCUT2D eigenvalue weighted by Gasteiger charge is 2.32. The van der Waals surface area contributed by atoms with E-state index in [1.54, 1.807) is 0 Å². The molecule has 0 bridgehead atoms. The van der Waals surface area contributed by atoms with Gasteiger partial charge in [-0.2, -0.15) is 0 Å². The molecule has 1 aliphatic carbocycles. The summed E-state index contributed by atoms with van der Waals surface area (Å²) >= 11 is 0. The number of likely N-dealkylation sites (tertiary alicyclic amines) is 1. The maximum Gasteiger partial charge on any atom is 0.0235 e. The molecular weight excluding hydrogens is 258 g/mol. The minimum atomic E-state index is 0.763. The van der Waals surface area contributed by atoms with Crippen LogP contribution in [0.25, 0.3) is 0 Å². The van der Waals surface area contributed by atoms with Gasteiger partial charge in [0.15, 0.2) is 0 Å². The topological polar surface area (TPSA) is 18.5 Å². The summed E-state index contributed by atoms with van der Waals surface area (Å²) in [6, 6.07) is 1.57. The molecule has 0 aromatic carbocycles. The fraction of sp³-hybridized carbons (Fsp3) is 1.00. The Morgan fingerprint density at radius 3 is 2.52 bits per heavy atom. The van der Waals surface area contributed by atoms with E-state index in [4.69, 9.17) is 0 Å². The van der Waals surface area contributed by atoms with Gasteiger partial charge in [0, 0.05) is 25.2 Å². The van der Waals surface area contributed by atoms with E-state index < -0.39 is 0 Å². The fourth-order valence-electron chi connectivity index (χ4n) is 4.58. The lowest BCUT2D eigenvalue weighted by Crippen LogP contribution is -2.46. The second-order valence-electron chi connectivity index (χ2n) is 7.27. The average molecular weight is 296 g/mol. The molecule has 2 rings (SSSR count). The predicted octanol–water partition coefficient (Wildman–Crippen LogP) is 2.82. The van der Waals surface area contributed by atoms with Crippen LogP contribution in [-0.2, 0) is 0 Å². The number of hydrogen-bond acceptors (Lipinski definition) is 3. The van der Waals surface area contributed by atoms with Gasteiger partial charge in [-0.05, 0) is 63.7 Å². The van der Waals surface area contributed by atoms with E-state index in [0.717, 1.165) is 30.5 Å². The molecule has 0 aromatic rings. The van der Waals surface area contributed by atoms with Crippen molar-refractivity contribution in [1.29, 1.82) is 0 Å². The molecule has 2 aliphatic rings. The minimum Gasteiger partial charge on any atom is -0.314 e. The zero-order valence-corrected chi connectivity index (χ0v) is 14.8. The lowest BCUT2D eigenvalue weighted by Gasteiger charge is -2.37. The summed E-state index contributed by atoms with van der Waals surface area (Å²) in [5.41, 5.74) is 0. The van der Waals surface area contributed by atoms with Crippen LogP contribution in [0.1, 0.15) is 53.4 Å². The lowest BCUT2D eigenvalue weighted by molar-refractivity contribution is 0.150. The Hall–Kier alpha value is -0.120. The van der Waals surface area contributed by atoms with Gasteiger partial charge in [-0.25, -0.2) is 0 Å². The summed E-state index contributed by atoms with van der Waals surface area (Å²) in [6.07, 6.45) is 5.59. The highest BCUT2D eigenvalue weighted by atomic mass is 15.2. The van der Waals surface area contributed by atoms with Crippen molar-refractivity contribution in [3.05, 3.63) is 0 Å². The average Bonchev–Trinajstić information content (AvgIpc) is 2.92. The quantitative estimate of drug-likeness (QED) is 0.779. The number of rotatable bonds is 7. The zero-order valence-electron chi connectivity index (χ0n) is 14.8. The first-order valence-corrected chi connectivity index (χ1v) is 9.37. The Kier molecular flexibility index (Phi) is 6.97.